The van der Waals surface area contributed by atoms with Crippen molar-refractivity contribution in [2.45, 2.75) is 5.41 Å². The van der Waals surface area contributed by atoms with E-state index in [1.165, 1.54) is 24.3 Å². The van der Waals surface area contributed by atoms with Gasteiger partial charge in [0, 0.05) is 7.05 Å². The molecule has 0 bridgehead atoms. The molecule has 0 saturated heterocycles. The molecule has 0 spiro atoms. The van der Waals surface area contributed by atoms with Gasteiger partial charge in [0.25, 0.3) is 0 Å². The average molecular weight is 351 g/mol. The van der Waals surface area contributed by atoms with E-state index in [1.807, 2.05) is 30.3 Å². The minimum atomic E-state index is -0.924. The van der Waals surface area contributed by atoms with Crippen molar-refractivity contribution in [3.05, 3.63) is 107 Å². The van der Waals surface area contributed by atoms with Crippen LogP contribution < -0.4 is 0 Å². The first kappa shape index (κ1) is 17.8. The summed E-state index contributed by atoms with van der Waals surface area (Å²) in [4.78, 5) is 4.36. The van der Waals surface area contributed by atoms with Crippen LogP contribution in [-0.2, 0) is 10.2 Å². The van der Waals surface area contributed by atoms with Crippen LogP contribution in [0.1, 0.15) is 16.7 Å². The van der Waals surface area contributed by atoms with Gasteiger partial charge in [-0.3, -0.25) is 4.99 Å². The van der Waals surface area contributed by atoms with E-state index >= 15 is 0 Å². The molecule has 0 aliphatic carbocycles. The predicted molar refractivity (Wildman–Crippen MR) is 99.5 cm³/mol. The Morgan fingerprint density at radius 1 is 0.731 bits per heavy atom. The number of ether oxygens (including phenoxy) is 1. The van der Waals surface area contributed by atoms with Gasteiger partial charge in [-0.25, -0.2) is 8.78 Å². The molecular formula is C22H19F2NO. The molecule has 0 aliphatic rings. The van der Waals surface area contributed by atoms with Gasteiger partial charge in [-0.05, 0) is 41.0 Å². The highest BCUT2D eigenvalue weighted by atomic mass is 19.1. The number of nitrogens with zero attached hydrogens (tertiary/aromatic N) is 1. The monoisotopic (exact) mass is 351 g/mol. The first-order valence-electron chi connectivity index (χ1n) is 8.21. The molecule has 0 aliphatic heterocycles. The summed E-state index contributed by atoms with van der Waals surface area (Å²) in [5.74, 6) is -0.230. The predicted octanol–water partition coefficient (Wildman–Crippen LogP) is 4.97. The van der Waals surface area contributed by atoms with Gasteiger partial charge in [-0.15, -0.1) is 0 Å². The Labute approximate surface area is 151 Å². The Hall–Kier alpha value is -3.01. The van der Waals surface area contributed by atoms with Crippen molar-refractivity contribution < 1.29 is 13.5 Å². The van der Waals surface area contributed by atoms with E-state index < -0.39 is 5.41 Å². The highest BCUT2D eigenvalue weighted by molar-refractivity contribution is 5.96. The molecule has 26 heavy (non-hydrogen) atoms. The summed E-state index contributed by atoms with van der Waals surface area (Å²) in [6, 6.07) is 22.1. The number of benzene rings is 3. The second-order valence-corrected chi connectivity index (χ2v) is 5.86. The van der Waals surface area contributed by atoms with Crippen LogP contribution in [0, 0.1) is 11.6 Å². The zero-order valence-electron chi connectivity index (χ0n) is 14.6. The molecule has 3 rings (SSSR count). The number of aliphatic imine (C=N–C) groups is 1. The molecule has 0 N–H and O–H groups in total. The van der Waals surface area contributed by atoms with Crippen molar-refractivity contribution in [1.82, 2.24) is 0 Å². The standard InChI is InChI=1S/C22H19F2NO/c1-25-21(26-2)22(16-6-4-3-5-7-16,17-8-12-19(23)13-9-17)18-10-14-20(24)15-11-18/h3-15H,1-2H3/b25-21-. The summed E-state index contributed by atoms with van der Waals surface area (Å²) >= 11 is 0. The molecular weight excluding hydrogens is 332 g/mol. The van der Waals surface area contributed by atoms with Gasteiger partial charge in [0.2, 0.25) is 5.90 Å². The second kappa shape index (κ2) is 7.48. The smallest absolute Gasteiger partial charge is 0.202 e. The Balaban J connectivity index is 2.41. The molecule has 0 saturated carbocycles. The lowest BCUT2D eigenvalue weighted by Crippen LogP contribution is -2.39. The Kier molecular flexibility index (Phi) is 5.12. The van der Waals surface area contributed by atoms with E-state index in [0.717, 1.165) is 16.7 Å². The van der Waals surface area contributed by atoms with Crippen LogP contribution in [0.3, 0.4) is 0 Å². The van der Waals surface area contributed by atoms with Crippen molar-refractivity contribution in [2.24, 2.45) is 4.99 Å². The van der Waals surface area contributed by atoms with Crippen molar-refractivity contribution in [3.63, 3.8) is 0 Å². The van der Waals surface area contributed by atoms with Crippen LogP contribution in [0.2, 0.25) is 0 Å². The Morgan fingerprint density at radius 3 is 1.54 bits per heavy atom. The van der Waals surface area contributed by atoms with Gasteiger partial charge in [0.1, 0.15) is 17.0 Å². The Bertz CT molecular complexity index is 842. The molecule has 2 nitrogen and oxygen atoms in total. The highest BCUT2D eigenvalue weighted by Gasteiger charge is 2.42. The first-order valence-corrected chi connectivity index (χ1v) is 8.21. The van der Waals surface area contributed by atoms with E-state index in [9.17, 15) is 8.78 Å². The molecule has 0 atom stereocenters. The topological polar surface area (TPSA) is 21.6 Å². The summed E-state index contributed by atoms with van der Waals surface area (Å²) < 4.78 is 32.8. The maximum Gasteiger partial charge on any atom is 0.202 e. The van der Waals surface area contributed by atoms with Crippen LogP contribution in [0.5, 0.6) is 0 Å². The van der Waals surface area contributed by atoms with Crippen LogP contribution in [0.15, 0.2) is 83.9 Å². The lowest BCUT2D eigenvalue weighted by atomic mass is 9.69. The molecule has 0 unspecified atom stereocenters. The molecule has 4 heteroatoms. The normalized spacial score (nSPS) is 12.1. The summed E-state index contributed by atoms with van der Waals surface area (Å²) in [5, 5.41) is 0. The number of rotatable bonds is 4. The van der Waals surface area contributed by atoms with Crippen LogP contribution in [0.25, 0.3) is 0 Å². The van der Waals surface area contributed by atoms with Gasteiger partial charge >= 0.3 is 0 Å². The molecule has 0 aromatic heterocycles. The van der Waals surface area contributed by atoms with E-state index in [4.69, 9.17) is 4.74 Å². The van der Waals surface area contributed by atoms with E-state index in [1.54, 1.807) is 38.4 Å². The van der Waals surface area contributed by atoms with Gasteiger partial charge in [0.15, 0.2) is 0 Å². The highest BCUT2D eigenvalue weighted by Crippen LogP contribution is 2.41. The lowest BCUT2D eigenvalue weighted by molar-refractivity contribution is 0.371. The summed E-state index contributed by atoms with van der Waals surface area (Å²) in [6.07, 6.45) is 0. The third-order valence-corrected chi connectivity index (χ3v) is 4.48. The minimum absolute atomic E-state index is 0.331. The van der Waals surface area contributed by atoms with Gasteiger partial charge in [0.05, 0.1) is 7.11 Å². The van der Waals surface area contributed by atoms with Crippen LogP contribution in [-0.4, -0.2) is 20.1 Å². The van der Waals surface area contributed by atoms with Crippen molar-refractivity contribution in [2.75, 3.05) is 14.2 Å². The zero-order valence-corrected chi connectivity index (χ0v) is 14.6. The van der Waals surface area contributed by atoms with Gasteiger partial charge in [-0.1, -0.05) is 54.6 Å². The third-order valence-electron chi connectivity index (χ3n) is 4.48. The SMILES string of the molecule is C/N=C(\OC)C(c1ccccc1)(c1ccc(F)cc1)c1ccc(F)cc1. The van der Waals surface area contributed by atoms with E-state index in [2.05, 4.69) is 4.99 Å². The summed E-state index contributed by atoms with van der Waals surface area (Å²) in [6.45, 7) is 0. The quantitative estimate of drug-likeness (QED) is 0.369. The van der Waals surface area contributed by atoms with E-state index in [-0.39, 0.29) is 11.6 Å². The summed E-state index contributed by atoms with van der Waals surface area (Å²) in [5.41, 5.74) is 1.52. The maximum atomic E-state index is 13.6. The molecule has 132 valence electrons. The molecule has 0 radical (unpaired) electrons. The van der Waals surface area contributed by atoms with Gasteiger partial charge < -0.3 is 4.74 Å². The fourth-order valence-electron chi connectivity index (χ4n) is 3.37. The number of methoxy groups -OCH3 is 1. The van der Waals surface area contributed by atoms with E-state index in [0.29, 0.717) is 5.90 Å². The third kappa shape index (κ3) is 2.99. The molecule has 3 aromatic carbocycles. The van der Waals surface area contributed by atoms with Crippen LogP contribution >= 0.6 is 0 Å². The number of hydrogen-bond donors (Lipinski definition) is 0. The number of hydrogen-bond acceptors (Lipinski definition) is 2. The van der Waals surface area contributed by atoms with Gasteiger partial charge in [-0.2, -0.15) is 0 Å². The van der Waals surface area contributed by atoms with Crippen molar-refractivity contribution in [1.29, 1.82) is 0 Å². The second-order valence-electron chi connectivity index (χ2n) is 5.86. The molecule has 0 fully saturated rings. The first-order chi connectivity index (χ1) is 12.6. The molecule has 3 aromatic rings. The van der Waals surface area contributed by atoms with Crippen LogP contribution in [0.4, 0.5) is 8.78 Å². The maximum absolute atomic E-state index is 13.6. The molecule has 0 amide bonds. The fourth-order valence-corrected chi connectivity index (χ4v) is 3.37. The lowest BCUT2D eigenvalue weighted by Gasteiger charge is -2.35. The minimum Gasteiger partial charge on any atom is -0.483 e. The Morgan fingerprint density at radius 2 is 1.15 bits per heavy atom. The molecule has 0 heterocycles. The fraction of sp³-hybridized carbons (Fsp3) is 0.136. The summed E-state index contributed by atoms with van der Waals surface area (Å²) in [7, 11) is 3.19. The average Bonchev–Trinajstić information content (AvgIpc) is 2.68. The van der Waals surface area contributed by atoms with Crippen molar-refractivity contribution in [3.8, 4) is 0 Å². The largest absolute Gasteiger partial charge is 0.483 e. The van der Waals surface area contributed by atoms with Crippen molar-refractivity contribution >= 4 is 5.90 Å². The number of halogens is 2. The zero-order chi connectivity index (χ0) is 18.6.